The van der Waals surface area contributed by atoms with E-state index >= 15 is 0 Å². The van der Waals surface area contributed by atoms with Crippen molar-refractivity contribution in [2.45, 2.75) is 25.3 Å². The van der Waals surface area contributed by atoms with Crippen LogP contribution in [0.1, 0.15) is 24.8 Å². The molecule has 0 aliphatic carbocycles. The van der Waals surface area contributed by atoms with Gasteiger partial charge in [-0.1, -0.05) is 25.1 Å². The van der Waals surface area contributed by atoms with Gasteiger partial charge in [0.25, 0.3) is 0 Å². The third kappa shape index (κ3) is 6.05. The van der Waals surface area contributed by atoms with Gasteiger partial charge in [-0.2, -0.15) is 0 Å². The van der Waals surface area contributed by atoms with Crippen LogP contribution in [0, 0.1) is 5.82 Å². The summed E-state index contributed by atoms with van der Waals surface area (Å²) in [6.45, 7) is 5.30. The van der Waals surface area contributed by atoms with E-state index in [4.69, 9.17) is 9.84 Å². The van der Waals surface area contributed by atoms with E-state index in [0.717, 1.165) is 0 Å². The van der Waals surface area contributed by atoms with Crippen molar-refractivity contribution in [1.29, 1.82) is 0 Å². The van der Waals surface area contributed by atoms with Crippen molar-refractivity contribution in [1.82, 2.24) is 5.32 Å². The molecule has 6 heteroatoms. The summed E-state index contributed by atoms with van der Waals surface area (Å²) < 4.78 is 18.2. The van der Waals surface area contributed by atoms with Crippen molar-refractivity contribution >= 4 is 11.9 Å². The molecule has 2 N–H and O–H groups in total. The highest BCUT2D eigenvalue weighted by atomic mass is 19.1. The van der Waals surface area contributed by atoms with Crippen LogP contribution in [-0.4, -0.2) is 36.2 Å². The molecule has 5 nitrogen and oxygen atoms in total. The van der Waals surface area contributed by atoms with Crippen LogP contribution >= 0.6 is 0 Å². The normalized spacial score (nSPS) is 13.2. The maximum absolute atomic E-state index is 13.2. The number of carbonyl (C=O) groups is 2. The molecule has 0 aliphatic rings. The Balaban J connectivity index is 2.55. The number of halogens is 1. The van der Waals surface area contributed by atoms with E-state index < -0.39 is 17.9 Å². The van der Waals surface area contributed by atoms with Crippen molar-refractivity contribution in [3.63, 3.8) is 0 Å². The van der Waals surface area contributed by atoms with E-state index in [1.54, 1.807) is 19.1 Å². The maximum Gasteiger partial charge on any atom is 0.328 e. The molecule has 0 bridgehead atoms. The number of carboxylic acids is 1. The zero-order chi connectivity index (χ0) is 16.5. The van der Waals surface area contributed by atoms with Crippen LogP contribution in [0.25, 0.3) is 0 Å². The minimum absolute atomic E-state index is 0.0642. The second-order valence-electron chi connectivity index (χ2n) is 4.94. The fraction of sp³-hybridized carbons (Fsp3) is 0.375. The standard InChI is InChI=1S/C16H20FNO4/c1-3-7-22-10-14(16(20)21)18-15(19)8-11(2)12-5-4-6-13(17)9-12/h3-6,9,11,14H,1,7-8,10H2,2H3,(H,18,19)(H,20,21). The summed E-state index contributed by atoms with van der Waals surface area (Å²) >= 11 is 0. The molecule has 2 atom stereocenters. The number of hydrogen-bond acceptors (Lipinski definition) is 3. The number of hydrogen-bond donors (Lipinski definition) is 2. The Morgan fingerprint density at radius 2 is 2.23 bits per heavy atom. The molecule has 1 amide bonds. The van der Waals surface area contributed by atoms with Gasteiger partial charge < -0.3 is 15.2 Å². The molecule has 0 aromatic heterocycles. The molecule has 0 saturated carbocycles. The number of carbonyl (C=O) groups excluding carboxylic acids is 1. The number of aliphatic carboxylic acids is 1. The van der Waals surface area contributed by atoms with Gasteiger partial charge >= 0.3 is 5.97 Å². The van der Waals surface area contributed by atoms with Gasteiger partial charge in [0.1, 0.15) is 5.82 Å². The van der Waals surface area contributed by atoms with Gasteiger partial charge in [-0.3, -0.25) is 4.79 Å². The van der Waals surface area contributed by atoms with Crippen LogP contribution in [0.4, 0.5) is 4.39 Å². The Labute approximate surface area is 128 Å². The van der Waals surface area contributed by atoms with Crippen LogP contribution in [0.3, 0.4) is 0 Å². The molecule has 1 aromatic rings. The lowest BCUT2D eigenvalue weighted by Gasteiger charge is -2.16. The summed E-state index contributed by atoms with van der Waals surface area (Å²) in [6.07, 6.45) is 1.56. The van der Waals surface area contributed by atoms with Crippen molar-refractivity contribution in [3.8, 4) is 0 Å². The predicted octanol–water partition coefficient (Wildman–Crippen LogP) is 2.09. The first kappa shape index (κ1) is 17.8. The molecule has 22 heavy (non-hydrogen) atoms. The minimum atomic E-state index is -1.17. The zero-order valence-electron chi connectivity index (χ0n) is 12.4. The predicted molar refractivity (Wildman–Crippen MR) is 80.0 cm³/mol. The van der Waals surface area contributed by atoms with E-state index in [9.17, 15) is 14.0 Å². The van der Waals surface area contributed by atoms with E-state index in [0.29, 0.717) is 5.56 Å². The highest BCUT2D eigenvalue weighted by Gasteiger charge is 2.21. The van der Waals surface area contributed by atoms with Crippen LogP contribution in [0.2, 0.25) is 0 Å². The molecule has 0 saturated heterocycles. The first-order valence-corrected chi connectivity index (χ1v) is 6.90. The lowest BCUT2D eigenvalue weighted by atomic mass is 9.97. The smallest absolute Gasteiger partial charge is 0.328 e. The van der Waals surface area contributed by atoms with E-state index in [2.05, 4.69) is 11.9 Å². The first-order chi connectivity index (χ1) is 10.4. The summed E-state index contributed by atoms with van der Waals surface area (Å²) in [5, 5.41) is 11.4. The summed E-state index contributed by atoms with van der Waals surface area (Å²) in [5.41, 5.74) is 0.685. The molecular formula is C16H20FNO4. The fourth-order valence-electron chi connectivity index (χ4n) is 1.91. The van der Waals surface area contributed by atoms with E-state index in [-0.39, 0.29) is 31.4 Å². The summed E-state index contributed by atoms with van der Waals surface area (Å²) in [5.74, 6) is -2.19. The van der Waals surface area contributed by atoms with Crippen LogP contribution in [0.15, 0.2) is 36.9 Å². The Bertz CT molecular complexity index is 533. The van der Waals surface area contributed by atoms with Gasteiger partial charge in [-0.15, -0.1) is 6.58 Å². The number of benzene rings is 1. The highest BCUT2D eigenvalue weighted by molar-refractivity contribution is 5.84. The third-order valence-electron chi connectivity index (χ3n) is 3.06. The van der Waals surface area contributed by atoms with Gasteiger partial charge in [0, 0.05) is 6.42 Å². The third-order valence-corrected chi connectivity index (χ3v) is 3.06. The number of amides is 1. The fourth-order valence-corrected chi connectivity index (χ4v) is 1.91. The number of nitrogens with one attached hydrogen (secondary N) is 1. The molecule has 1 aromatic carbocycles. The maximum atomic E-state index is 13.2. The summed E-state index contributed by atoms with van der Waals surface area (Å²) in [6, 6.07) is 4.87. The zero-order valence-corrected chi connectivity index (χ0v) is 12.4. The number of carboxylic acid groups (broad SMARTS) is 1. The van der Waals surface area contributed by atoms with Crippen LogP contribution in [0.5, 0.6) is 0 Å². The number of ether oxygens (including phenoxy) is 1. The largest absolute Gasteiger partial charge is 0.480 e. The second-order valence-corrected chi connectivity index (χ2v) is 4.94. The quantitative estimate of drug-likeness (QED) is 0.541. The van der Waals surface area contributed by atoms with Gasteiger partial charge in [0.2, 0.25) is 5.91 Å². The molecular weight excluding hydrogens is 289 g/mol. The van der Waals surface area contributed by atoms with Crippen LogP contribution in [-0.2, 0) is 14.3 Å². The van der Waals surface area contributed by atoms with Crippen molar-refractivity contribution in [2.75, 3.05) is 13.2 Å². The van der Waals surface area contributed by atoms with Gasteiger partial charge in [-0.05, 0) is 23.6 Å². The molecule has 0 fully saturated rings. The van der Waals surface area contributed by atoms with Gasteiger partial charge in [0.15, 0.2) is 6.04 Å². The monoisotopic (exact) mass is 309 g/mol. The van der Waals surface area contributed by atoms with Gasteiger partial charge in [0.05, 0.1) is 13.2 Å². The van der Waals surface area contributed by atoms with Crippen LogP contribution < -0.4 is 5.32 Å². The molecule has 2 unspecified atom stereocenters. The molecule has 0 radical (unpaired) electrons. The Hall–Kier alpha value is -2.21. The number of rotatable bonds is 9. The van der Waals surface area contributed by atoms with Crippen molar-refractivity contribution in [3.05, 3.63) is 48.3 Å². The topological polar surface area (TPSA) is 75.6 Å². The average Bonchev–Trinajstić information content (AvgIpc) is 2.46. The summed E-state index contributed by atoms with van der Waals surface area (Å²) in [7, 11) is 0. The molecule has 0 aliphatic heterocycles. The summed E-state index contributed by atoms with van der Waals surface area (Å²) in [4.78, 5) is 23.0. The van der Waals surface area contributed by atoms with E-state index in [1.165, 1.54) is 18.2 Å². The minimum Gasteiger partial charge on any atom is -0.480 e. The molecule has 0 spiro atoms. The SMILES string of the molecule is C=CCOCC(NC(=O)CC(C)c1cccc(F)c1)C(=O)O. The van der Waals surface area contributed by atoms with Gasteiger partial charge in [-0.25, -0.2) is 9.18 Å². The van der Waals surface area contributed by atoms with E-state index in [1.807, 2.05) is 0 Å². The molecule has 0 heterocycles. The van der Waals surface area contributed by atoms with Crippen molar-refractivity contribution in [2.24, 2.45) is 0 Å². The Morgan fingerprint density at radius 3 is 2.82 bits per heavy atom. The Kier molecular flexibility index (Phi) is 7.25. The second kappa shape index (κ2) is 8.94. The first-order valence-electron chi connectivity index (χ1n) is 6.90. The van der Waals surface area contributed by atoms with Crippen molar-refractivity contribution < 1.29 is 23.8 Å². The molecule has 120 valence electrons. The average molecular weight is 309 g/mol. The molecule has 1 rings (SSSR count). The lowest BCUT2D eigenvalue weighted by molar-refractivity contribution is -0.143. The highest BCUT2D eigenvalue weighted by Crippen LogP contribution is 2.19. The Morgan fingerprint density at radius 1 is 1.50 bits per heavy atom. The lowest BCUT2D eigenvalue weighted by Crippen LogP contribution is -2.44.